The highest BCUT2D eigenvalue weighted by molar-refractivity contribution is 14.0. The van der Waals surface area contributed by atoms with Crippen molar-refractivity contribution < 1.29 is 13.2 Å². The van der Waals surface area contributed by atoms with Crippen LogP contribution >= 0.6 is 24.0 Å². The highest BCUT2D eigenvalue weighted by Gasteiger charge is 2.26. The number of halogens is 4. The van der Waals surface area contributed by atoms with Crippen LogP contribution in [-0.4, -0.2) is 41.6 Å². The van der Waals surface area contributed by atoms with Crippen LogP contribution in [0.25, 0.3) is 0 Å². The second kappa shape index (κ2) is 9.33. The second-order valence-electron chi connectivity index (χ2n) is 5.39. The smallest absolute Gasteiger partial charge is 0.356 e. The van der Waals surface area contributed by atoms with Crippen molar-refractivity contribution in [3.8, 4) is 0 Å². The minimum absolute atomic E-state index is 0. The van der Waals surface area contributed by atoms with Crippen molar-refractivity contribution in [2.24, 2.45) is 12.0 Å². The fourth-order valence-corrected chi connectivity index (χ4v) is 2.22. The maximum absolute atomic E-state index is 12.1. The molecule has 0 aromatic carbocycles. The van der Waals surface area contributed by atoms with Crippen molar-refractivity contribution in [1.82, 2.24) is 20.4 Å². The molecule has 0 saturated heterocycles. The van der Waals surface area contributed by atoms with Gasteiger partial charge in [0.25, 0.3) is 0 Å². The van der Waals surface area contributed by atoms with Crippen LogP contribution in [0.2, 0.25) is 0 Å². The van der Waals surface area contributed by atoms with Crippen LogP contribution in [0.5, 0.6) is 0 Å². The normalized spacial score (nSPS) is 13.5. The number of guanidine groups is 1. The highest BCUT2D eigenvalue weighted by atomic mass is 127. The van der Waals surface area contributed by atoms with E-state index in [2.05, 4.69) is 20.7 Å². The van der Waals surface area contributed by atoms with Crippen molar-refractivity contribution in [1.29, 1.82) is 0 Å². The van der Waals surface area contributed by atoms with Crippen molar-refractivity contribution in [2.45, 2.75) is 45.8 Å². The van der Waals surface area contributed by atoms with Crippen molar-refractivity contribution in [2.75, 3.05) is 13.6 Å². The fraction of sp³-hybridized carbons (Fsp3) is 0.714. The molecule has 0 aliphatic rings. The minimum atomic E-state index is -4.17. The van der Waals surface area contributed by atoms with Gasteiger partial charge in [-0.05, 0) is 32.8 Å². The van der Waals surface area contributed by atoms with Crippen LogP contribution in [-0.2, 0) is 13.5 Å². The number of rotatable bonds is 5. The van der Waals surface area contributed by atoms with Gasteiger partial charge in [-0.25, -0.2) is 0 Å². The Hall–Kier alpha value is -1.00. The van der Waals surface area contributed by atoms with E-state index in [-0.39, 0.29) is 36.6 Å². The van der Waals surface area contributed by atoms with Gasteiger partial charge < -0.3 is 10.6 Å². The van der Waals surface area contributed by atoms with Crippen molar-refractivity contribution >= 4 is 29.9 Å². The van der Waals surface area contributed by atoms with Gasteiger partial charge in [0.2, 0.25) is 0 Å². The predicted molar refractivity (Wildman–Crippen MR) is 96.4 cm³/mol. The molecule has 1 rings (SSSR count). The predicted octanol–water partition coefficient (Wildman–Crippen LogP) is 2.70. The molecule has 0 amide bonds. The number of aryl methyl sites for hydroxylation is 2. The van der Waals surface area contributed by atoms with Crippen molar-refractivity contribution in [3.05, 3.63) is 17.0 Å². The number of alkyl halides is 3. The molecule has 5 nitrogen and oxygen atoms in total. The first-order valence-corrected chi connectivity index (χ1v) is 7.17. The molecule has 1 atom stereocenters. The maximum Gasteiger partial charge on any atom is 0.390 e. The minimum Gasteiger partial charge on any atom is -0.356 e. The molecule has 0 fully saturated rings. The molecule has 1 heterocycles. The van der Waals surface area contributed by atoms with Gasteiger partial charge in [-0.1, -0.05) is 0 Å². The van der Waals surface area contributed by atoms with Gasteiger partial charge in [0, 0.05) is 32.4 Å². The first-order chi connectivity index (χ1) is 10.1. The maximum atomic E-state index is 12.1. The lowest BCUT2D eigenvalue weighted by Crippen LogP contribution is -2.44. The molecule has 2 N–H and O–H groups in total. The summed E-state index contributed by atoms with van der Waals surface area (Å²) in [6, 6.07) is 0.0266. The third-order valence-electron chi connectivity index (χ3n) is 3.48. The second-order valence-corrected chi connectivity index (χ2v) is 5.39. The highest BCUT2D eigenvalue weighted by Crippen LogP contribution is 2.18. The summed E-state index contributed by atoms with van der Waals surface area (Å²) in [5, 5.41) is 10.1. The Morgan fingerprint density at radius 3 is 2.39 bits per heavy atom. The summed E-state index contributed by atoms with van der Waals surface area (Å²) in [7, 11) is 3.43. The number of aromatic nitrogens is 2. The molecule has 0 radical (unpaired) electrons. The fourth-order valence-electron chi connectivity index (χ4n) is 2.22. The van der Waals surface area contributed by atoms with E-state index in [1.54, 1.807) is 0 Å². The molecular weight excluding hydrogens is 422 g/mol. The lowest BCUT2D eigenvalue weighted by atomic mass is 10.1. The monoisotopic (exact) mass is 447 g/mol. The molecule has 0 aliphatic carbocycles. The van der Waals surface area contributed by atoms with E-state index >= 15 is 0 Å². The summed E-state index contributed by atoms with van der Waals surface area (Å²) in [4.78, 5) is 3.95. The standard InChI is InChI=1S/C14H24F3N5.HI/c1-9(8-12-10(2)21-22(5)11(12)3)20-13(18-4)19-7-6-14(15,16)17;/h9H,6-8H2,1-5H3,(H2,18,19,20);1H. The molecule has 134 valence electrons. The number of nitrogens with zero attached hydrogens (tertiary/aromatic N) is 3. The van der Waals surface area contributed by atoms with E-state index in [1.165, 1.54) is 7.05 Å². The van der Waals surface area contributed by atoms with E-state index in [4.69, 9.17) is 0 Å². The van der Waals surface area contributed by atoms with Gasteiger partial charge in [0.1, 0.15) is 0 Å². The SMILES string of the molecule is CN=C(NCCC(F)(F)F)NC(C)Cc1c(C)nn(C)c1C.I. The van der Waals surface area contributed by atoms with E-state index in [0.29, 0.717) is 5.96 Å². The van der Waals surface area contributed by atoms with Gasteiger partial charge in [-0.15, -0.1) is 24.0 Å². The molecular formula is C14H25F3IN5. The molecule has 23 heavy (non-hydrogen) atoms. The average Bonchev–Trinajstić information content (AvgIpc) is 2.63. The Bertz CT molecular complexity index is 525. The van der Waals surface area contributed by atoms with Crippen LogP contribution in [0.1, 0.15) is 30.3 Å². The number of aliphatic imine (C=N–C) groups is 1. The first kappa shape index (κ1) is 22.0. The largest absolute Gasteiger partial charge is 0.390 e. The Kier molecular flexibility index (Phi) is 8.93. The lowest BCUT2D eigenvalue weighted by Gasteiger charge is -2.18. The van der Waals surface area contributed by atoms with Gasteiger partial charge in [0.15, 0.2) is 5.96 Å². The first-order valence-electron chi connectivity index (χ1n) is 7.17. The molecule has 9 heteroatoms. The lowest BCUT2D eigenvalue weighted by molar-refractivity contribution is -0.132. The van der Waals surface area contributed by atoms with E-state index in [1.807, 2.05) is 32.5 Å². The van der Waals surface area contributed by atoms with Crippen LogP contribution < -0.4 is 10.6 Å². The van der Waals surface area contributed by atoms with Gasteiger partial charge in [-0.3, -0.25) is 9.67 Å². The Morgan fingerprint density at radius 2 is 1.96 bits per heavy atom. The van der Waals surface area contributed by atoms with Crippen molar-refractivity contribution in [3.63, 3.8) is 0 Å². The Balaban J connectivity index is 0.00000484. The third kappa shape index (κ3) is 7.40. The summed E-state index contributed by atoms with van der Waals surface area (Å²) < 4.78 is 38.3. The van der Waals surface area contributed by atoms with Gasteiger partial charge in [-0.2, -0.15) is 18.3 Å². The Labute approximate surface area is 152 Å². The summed E-state index contributed by atoms with van der Waals surface area (Å²) in [6.07, 6.45) is -4.32. The average molecular weight is 447 g/mol. The van der Waals surface area contributed by atoms with Crippen LogP contribution in [0.3, 0.4) is 0 Å². The topological polar surface area (TPSA) is 54.2 Å². The summed E-state index contributed by atoms with van der Waals surface area (Å²) in [6.45, 7) is 5.72. The molecule has 0 saturated carbocycles. The zero-order valence-corrected chi connectivity index (χ0v) is 16.4. The number of nitrogens with one attached hydrogen (secondary N) is 2. The van der Waals surface area contributed by atoms with E-state index < -0.39 is 12.6 Å². The third-order valence-corrected chi connectivity index (χ3v) is 3.48. The van der Waals surface area contributed by atoms with Gasteiger partial charge >= 0.3 is 6.18 Å². The number of hydrogen-bond donors (Lipinski definition) is 2. The van der Waals surface area contributed by atoms with E-state index in [0.717, 1.165) is 23.4 Å². The number of hydrogen-bond acceptors (Lipinski definition) is 2. The summed E-state index contributed by atoms with van der Waals surface area (Å²) in [5.74, 6) is 0.371. The molecule has 1 unspecified atom stereocenters. The van der Waals surface area contributed by atoms with E-state index in [9.17, 15) is 13.2 Å². The summed E-state index contributed by atoms with van der Waals surface area (Å²) in [5.41, 5.74) is 3.20. The quantitative estimate of drug-likeness (QED) is 0.415. The van der Waals surface area contributed by atoms with Crippen LogP contribution in [0, 0.1) is 13.8 Å². The Morgan fingerprint density at radius 1 is 1.35 bits per heavy atom. The molecule has 1 aromatic rings. The van der Waals surface area contributed by atoms with Crippen LogP contribution in [0.15, 0.2) is 4.99 Å². The summed E-state index contributed by atoms with van der Waals surface area (Å²) >= 11 is 0. The zero-order chi connectivity index (χ0) is 16.9. The molecule has 0 spiro atoms. The van der Waals surface area contributed by atoms with Crippen LogP contribution in [0.4, 0.5) is 13.2 Å². The van der Waals surface area contributed by atoms with Gasteiger partial charge in [0.05, 0.1) is 12.1 Å². The molecule has 1 aromatic heterocycles. The molecule has 0 bridgehead atoms. The zero-order valence-electron chi connectivity index (χ0n) is 14.1. The molecule has 0 aliphatic heterocycles.